The summed E-state index contributed by atoms with van der Waals surface area (Å²) in [6.07, 6.45) is 23.9. The van der Waals surface area contributed by atoms with Crippen molar-refractivity contribution >= 4 is 5.97 Å². The van der Waals surface area contributed by atoms with Gasteiger partial charge in [0, 0.05) is 0 Å². The van der Waals surface area contributed by atoms with Crippen molar-refractivity contribution in [2.24, 2.45) is 0 Å². The molecule has 0 rings (SSSR count). The molecule has 0 fully saturated rings. The minimum atomic E-state index is -0.294. The number of rotatable bonds is 21. The Morgan fingerprint density at radius 3 is 1.59 bits per heavy atom. The molecule has 0 heterocycles. The Labute approximate surface area is 168 Å². The first kappa shape index (κ1) is 25.8. The van der Waals surface area contributed by atoms with Crippen molar-refractivity contribution in [2.75, 3.05) is 0 Å². The normalized spacial score (nSPS) is 11.7. The van der Waals surface area contributed by atoms with E-state index in [9.17, 15) is 4.79 Å². The topological polar surface area (TPSA) is 35.5 Å². The van der Waals surface area contributed by atoms with Crippen molar-refractivity contribution in [3.63, 3.8) is 0 Å². The summed E-state index contributed by atoms with van der Waals surface area (Å²) in [7, 11) is 0. The number of unbranched alkanes of at least 4 members (excludes halogenated alkanes) is 14. The van der Waals surface area contributed by atoms with E-state index in [-0.39, 0.29) is 18.5 Å². The van der Waals surface area contributed by atoms with Crippen LogP contribution in [0, 0.1) is 0 Å². The van der Waals surface area contributed by atoms with Crippen LogP contribution in [0.2, 0.25) is 0 Å². The standard InChI is InChI=1S/C24H44O3/c1-4-7-8-9-10-11-12-13-14-15-16-17-18-19-20-21-23(26-5-2)22-24(25)27-6-3/h5-6,23H,2-4,7-22H2,1H3. The molecule has 0 aromatic rings. The van der Waals surface area contributed by atoms with Gasteiger partial charge in [-0.25, -0.2) is 0 Å². The molecular formula is C24H44O3. The summed E-state index contributed by atoms with van der Waals surface area (Å²) in [5.41, 5.74) is 0. The van der Waals surface area contributed by atoms with Crippen molar-refractivity contribution < 1.29 is 14.3 Å². The number of carbonyl (C=O) groups excluding carboxylic acids is 1. The molecule has 3 heteroatoms. The van der Waals surface area contributed by atoms with Gasteiger partial charge in [-0.2, -0.15) is 0 Å². The summed E-state index contributed by atoms with van der Waals surface area (Å²) in [6, 6.07) is 0. The lowest BCUT2D eigenvalue weighted by Gasteiger charge is -2.15. The van der Waals surface area contributed by atoms with Crippen LogP contribution in [0.5, 0.6) is 0 Å². The van der Waals surface area contributed by atoms with E-state index in [2.05, 4.69) is 20.1 Å². The molecule has 0 spiro atoms. The zero-order valence-electron chi connectivity index (χ0n) is 17.9. The monoisotopic (exact) mass is 380 g/mol. The summed E-state index contributed by atoms with van der Waals surface area (Å²) < 4.78 is 10.2. The number of carbonyl (C=O) groups is 1. The third-order valence-electron chi connectivity index (χ3n) is 5.03. The first-order valence-electron chi connectivity index (χ1n) is 11.3. The van der Waals surface area contributed by atoms with E-state index < -0.39 is 0 Å². The summed E-state index contributed by atoms with van der Waals surface area (Å²) in [5, 5.41) is 0. The molecule has 0 amide bonds. The fraction of sp³-hybridized carbons (Fsp3) is 0.792. The summed E-state index contributed by atoms with van der Waals surface area (Å²) >= 11 is 0. The van der Waals surface area contributed by atoms with Crippen molar-refractivity contribution in [2.45, 2.75) is 122 Å². The molecule has 0 aromatic heterocycles. The molecule has 3 nitrogen and oxygen atoms in total. The van der Waals surface area contributed by atoms with Crippen LogP contribution >= 0.6 is 0 Å². The third-order valence-corrected chi connectivity index (χ3v) is 5.03. The fourth-order valence-corrected chi connectivity index (χ4v) is 3.42. The first-order chi connectivity index (χ1) is 13.2. The van der Waals surface area contributed by atoms with Gasteiger partial charge in [0.1, 0.15) is 6.10 Å². The molecule has 0 aromatic carbocycles. The van der Waals surface area contributed by atoms with Gasteiger partial charge in [-0.3, -0.25) is 4.79 Å². The van der Waals surface area contributed by atoms with Crippen LogP contribution in [0.15, 0.2) is 25.7 Å². The second-order valence-electron chi connectivity index (χ2n) is 7.52. The van der Waals surface area contributed by atoms with Crippen LogP contribution in [0.3, 0.4) is 0 Å². The van der Waals surface area contributed by atoms with Gasteiger partial charge in [0.25, 0.3) is 0 Å². The summed E-state index contributed by atoms with van der Waals surface area (Å²) in [5.74, 6) is -0.294. The molecule has 0 N–H and O–H groups in total. The van der Waals surface area contributed by atoms with Crippen LogP contribution in [0.1, 0.15) is 116 Å². The molecule has 1 atom stereocenters. The van der Waals surface area contributed by atoms with Gasteiger partial charge < -0.3 is 9.47 Å². The van der Waals surface area contributed by atoms with Crippen molar-refractivity contribution in [3.05, 3.63) is 25.7 Å². The van der Waals surface area contributed by atoms with Gasteiger partial charge in [-0.05, 0) is 12.8 Å². The zero-order chi connectivity index (χ0) is 20.0. The van der Waals surface area contributed by atoms with E-state index in [1.165, 1.54) is 102 Å². The van der Waals surface area contributed by atoms with Crippen LogP contribution in [-0.2, 0) is 14.3 Å². The van der Waals surface area contributed by atoms with Crippen LogP contribution in [0.25, 0.3) is 0 Å². The van der Waals surface area contributed by atoms with Gasteiger partial charge in [-0.15, -0.1) is 0 Å². The number of hydrogen-bond donors (Lipinski definition) is 0. The largest absolute Gasteiger partial charge is 0.498 e. The maximum absolute atomic E-state index is 11.5. The smallest absolute Gasteiger partial charge is 0.314 e. The molecular weight excluding hydrogens is 336 g/mol. The van der Waals surface area contributed by atoms with Crippen molar-refractivity contribution in [1.82, 2.24) is 0 Å². The van der Waals surface area contributed by atoms with Crippen molar-refractivity contribution in [3.8, 4) is 0 Å². The highest BCUT2D eigenvalue weighted by atomic mass is 16.5. The molecule has 1 unspecified atom stereocenters. The molecule has 158 valence electrons. The van der Waals surface area contributed by atoms with Crippen LogP contribution in [0.4, 0.5) is 0 Å². The maximum atomic E-state index is 11.5. The minimum Gasteiger partial charge on any atom is -0.498 e. The number of hydrogen-bond acceptors (Lipinski definition) is 3. The van der Waals surface area contributed by atoms with E-state index in [4.69, 9.17) is 9.47 Å². The van der Waals surface area contributed by atoms with Gasteiger partial charge in [-0.1, -0.05) is 110 Å². The Morgan fingerprint density at radius 1 is 0.741 bits per heavy atom. The average molecular weight is 381 g/mol. The maximum Gasteiger partial charge on any atom is 0.314 e. The number of ether oxygens (including phenoxy) is 2. The molecule has 0 saturated carbocycles. The second-order valence-corrected chi connectivity index (χ2v) is 7.52. The molecule has 0 radical (unpaired) electrons. The Balaban J connectivity index is 3.38. The van der Waals surface area contributed by atoms with E-state index >= 15 is 0 Å². The Kier molecular flexibility index (Phi) is 20.1. The van der Waals surface area contributed by atoms with Gasteiger partial charge in [0.2, 0.25) is 0 Å². The summed E-state index contributed by atoms with van der Waals surface area (Å²) in [6.45, 7) is 9.25. The highest BCUT2D eigenvalue weighted by Crippen LogP contribution is 2.15. The minimum absolute atomic E-state index is 0.128. The van der Waals surface area contributed by atoms with Crippen molar-refractivity contribution in [1.29, 1.82) is 0 Å². The predicted octanol–water partition coefficient (Wildman–Crippen LogP) is 7.85. The molecule has 0 aliphatic rings. The molecule has 27 heavy (non-hydrogen) atoms. The quantitative estimate of drug-likeness (QED) is 0.115. The van der Waals surface area contributed by atoms with E-state index in [1.54, 1.807) is 0 Å². The molecule has 0 aliphatic heterocycles. The predicted molar refractivity (Wildman–Crippen MR) is 116 cm³/mol. The highest BCUT2D eigenvalue weighted by Gasteiger charge is 2.14. The third kappa shape index (κ3) is 19.3. The van der Waals surface area contributed by atoms with E-state index in [0.717, 1.165) is 12.8 Å². The van der Waals surface area contributed by atoms with E-state index in [0.29, 0.717) is 0 Å². The lowest BCUT2D eigenvalue weighted by Crippen LogP contribution is -2.16. The molecule has 0 saturated heterocycles. The fourth-order valence-electron chi connectivity index (χ4n) is 3.42. The summed E-state index contributed by atoms with van der Waals surface area (Å²) in [4.78, 5) is 11.5. The Bertz CT molecular complexity index is 352. The number of esters is 1. The van der Waals surface area contributed by atoms with E-state index in [1.807, 2.05) is 0 Å². The Morgan fingerprint density at radius 2 is 1.19 bits per heavy atom. The SMILES string of the molecule is C=COC(=O)CC(CCCCCCCCCCCCCCCCC)OC=C. The molecule has 0 bridgehead atoms. The van der Waals surface area contributed by atoms with Crippen LogP contribution in [-0.4, -0.2) is 12.1 Å². The Hall–Kier alpha value is -1.25. The zero-order valence-corrected chi connectivity index (χ0v) is 17.9. The second kappa shape index (κ2) is 21.1. The average Bonchev–Trinajstić information content (AvgIpc) is 2.65. The lowest BCUT2D eigenvalue weighted by molar-refractivity contribution is -0.140. The lowest BCUT2D eigenvalue weighted by atomic mass is 10.0. The first-order valence-corrected chi connectivity index (χ1v) is 11.3. The van der Waals surface area contributed by atoms with Gasteiger partial charge in [0.15, 0.2) is 0 Å². The molecule has 0 aliphatic carbocycles. The highest BCUT2D eigenvalue weighted by molar-refractivity contribution is 5.70. The van der Waals surface area contributed by atoms with Gasteiger partial charge in [0.05, 0.1) is 18.9 Å². The van der Waals surface area contributed by atoms with Gasteiger partial charge >= 0.3 is 5.97 Å². The van der Waals surface area contributed by atoms with Crippen LogP contribution < -0.4 is 0 Å².